The summed E-state index contributed by atoms with van der Waals surface area (Å²) in [6, 6.07) is 13.4. The standard InChI is InChI=1S/C15H14ClNO3S/c1-11-10-17(14-7-2-3-8-15(14)20-11)21(18,19)13-6-4-5-12(16)9-13/h2-9,11H,10H2,1H3. The summed E-state index contributed by atoms with van der Waals surface area (Å²) in [5.41, 5.74) is 0.551. The van der Waals surface area contributed by atoms with Crippen LogP contribution in [0.5, 0.6) is 5.75 Å². The number of sulfonamides is 1. The molecular formula is C15H14ClNO3S. The van der Waals surface area contributed by atoms with E-state index in [1.807, 2.05) is 13.0 Å². The molecule has 0 spiro atoms. The average molecular weight is 324 g/mol. The van der Waals surface area contributed by atoms with Gasteiger partial charge >= 0.3 is 0 Å². The van der Waals surface area contributed by atoms with Crippen molar-refractivity contribution in [1.29, 1.82) is 0 Å². The van der Waals surface area contributed by atoms with Crippen LogP contribution in [-0.2, 0) is 10.0 Å². The van der Waals surface area contributed by atoms with E-state index in [1.54, 1.807) is 36.4 Å². The Balaban J connectivity index is 2.11. The summed E-state index contributed by atoms with van der Waals surface area (Å²) in [4.78, 5) is 0.180. The molecule has 2 aromatic rings. The van der Waals surface area contributed by atoms with Gasteiger partial charge in [-0.05, 0) is 37.3 Å². The van der Waals surface area contributed by atoms with Gasteiger partial charge in [0.05, 0.1) is 17.1 Å². The van der Waals surface area contributed by atoms with E-state index >= 15 is 0 Å². The van der Waals surface area contributed by atoms with Crippen LogP contribution in [0.4, 0.5) is 5.69 Å². The Labute approximate surface area is 129 Å². The van der Waals surface area contributed by atoms with Crippen LogP contribution in [0.25, 0.3) is 0 Å². The molecule has 2 aromatic carbocycles. The van der Waals surface area contributed by atoms with Gasteiger partial charge in [0.1, 0.15) is 11.9 Å². The van der Waals surface area contributed by atoms with Gasteiger partial charge in [0.25, 0.3) is 10.0 Å². The highest BCUT2D eigenvalue weighted by atomic mass is 35.5. The van der Waals surface area contributed by atoms with Crippen molar-refractivity contribution in [3.8, 4) is 5.75 Å². The molecule has 1 aliphatic heterocycles. The number of nitrogens with zero attached hydrogens (tertiary/aromatic N) is 1. The van der Waals surface area contributed by atoms with Crippen LogP contribution < -0.4 is 9.04 Å². The van der Waals surface area contributed by atoms with Crippen molar-refractivity contribution >= 4 is 27.3 Å². The quantitative estimate of drug-likeness (QED) is 0.851. The van der Waals surface area contributed by atoms with Crippen LogP contribution in [0.2, 0.25) is 5.02 Å². The second-order valence-corrected chi connectivity index (χ2v) is 7.19. The van der Waals surface area contributed by atoms with Crippen LogP contribution in [0, 0.1) is 0 Å². The van der Waals surface area contributed by atoms with E-state index in [2.05, 4.69) is 0 Å². The van der Waals surface area contributed by atoms with Crippen molar-refractivity contribution in [2.75, 3.05) is 10.8 Å². The number of fused-ring (bicyclic) bond motifs is 1. The van der Waals surface area contributed by atoms with Crippen molar-refractivity contribution < 1.29 is 13.2 Å². The van der Waals surface area contributed by atoms with E-state index in [0.717, 1.165) is 0 Å². The highest BCUT2D eigenvalue weighted by Crippen LogP contribution is 2.36. The minimum Gasteiger partial charge on any atom is -0.487 e. The molecule has 0 aromatic heterocycles. The first kappa shape index (κ1) is 14.2. The maximum absolute atomic E-state index is 12.9. The van der Waals surface area contributed by atoms with Crippen molar-refractivity contribution in [1.82, 2.24) is 0 Å². The zero-order chi connectivity index (χ0) is 15.0. The molecule has 1 aliphatic rings. The lowest BCUT2D eigenvalue weighted by atomic mass is 10.2. The Bertz CT molecular complexity index is 776. The first-order chi connectivity index (χ1) is 9.98. The molecule has 0 radical (unpaired) electrons. The molecule has 0 N–H and O–H groups in total. The molecular weight excluding hydrogens is 310 g/mol. The van der Waals surface area contributed by atoms with Crippen molar-refractivity contribution in [2.45, 2.75) is 17.9 Å². The van der Waals surface area contributed by atoms with Crippen molar-refractivity contribution in [2.24, 2.45) is 0 Å². The molecule has 1 heterocycles. The number of halogens is 1. The number of benzene rings is 2. The molecule has 0 aliphatic carbocycles. The summed E-state index contributed by atoms with van der Waals surface area (Å²) >= 11 is 5.91. The number of hydrogen-bond donors (Lipinski definition) is 0. The van der Waals surface area contributed by atoms with E-state index in [-0.39, 0.29) is 17.5 Å². The summed E-state index contributed by atoms with van der Waals surface area (Å²) in [5.74, 6) is 0.571. The Kier molecular flexibility index (Phi) is 3.55. The predicted octanol–water partition coefficient (Wildman–Crippen LogP) is 3.32. The van der Waals surface area contributed by atoms with Crippen LogP contribution >= 0.6 is 11.6 Å². The molecule has 21 heavy (non-hydrogen) atoms. The van der Waals surface area contributed by atoms with Gasteiger partial charge in [-0.2, -0.15) is 0 Å². The fourth-order valence-corrected chi connectivity index (χ4v) is 4.18. The van der Waals surface area contributed by atoms with Gasteiger partial charge in [-0.1, -0.05) is 29.8 Å². The van der Waals surface area contributed by atoms with Crippen LogP contribution in [0.1, 0.15) is 6.92 Å². The Morgan fingerprint density at radius 1 is 1.19 bits per heavy atom. The third-order valence-corrected chi connectivity index (χ3v) is 5.28. The van der Waals surface area contributed by atoms with Crippen LogP contribution in [0.15, 0.2) is 53.4 Å². The lowest BCUT2D eigenvalue weighted by Gasteiger charge is -2.34. The highest BCUT2D eigenvalue weighted by molar-refractivity contribution is 7.92. The molecule has 0 bridgehead atoms. The molecule has 0 saturated carbocycles. The zero-order valence-corrected chi connectivity index (χ0v) is 12.9. The highest BCUT2D eigenvalue weighted by Gasteiger charge is 2.32. The van der Waals surface area contributed by atoms with E-state index in [9.17, 15) is 8.42 Å². The summed E-state index contributed by atoms with van der Waals surface area (Å²) in [7, 11) is -3.66. The molecule has 0 amide bonds. The molecule has 3 rings (SSSR count). The second kappa shape index (κ2) is 5.24. The molecule has 6 heteroatoms. The van der Waals surface area contributed by atoms with Crippen molar-refractivity contribution in [3.05, 3.63) is 53.6 Å². The SMILES string of the molecule is CC1CN(S(=O)(=O)c2cccc(Cl)c2)c2ccccc2O1. The zero-order valence-electron chi connectivity index (χ0n) is 11.4. The lowest BCUT2D eigenvalue weighted by Crippen LogP contribution is -2.42. The fraction of sp³-hybridized carbons (Fsp3) is 0.200. The summed E-state index contributed by atoms with van der Waals surface area (Å²) in [5, 5.41) is 0.394. The van der Waals surface area contributed by atoms with E-state index in [4.69, 9.17) is 16.3 Å². The Hall–Kier alpha value is -1.72. The van der Waals surface area contributed by atoms with Gasteiger partial charge in [0, 0.05) is 5.02 Å². The maximum Gasteiger partial charge on any atom is 0.264 e. The lowest BCUT2D eigenvalue weighted by molar-refractivity contribution is 0.219. The smallest absolute Gasteiger partial charge is 0.264 e. The predicted molar refractivity (Wildman–Crippen MR) is 82.5 cm³/mol. The third-order valence-electron chi connectivity index (χ3n) is 3.27. The monoisotopic (exact) mass is 323 g/mol. The van der Waals surface area contributed by atoms with Crippen LogP contribution in [-0.4, -0.2) is 21.1 Å². The first-order valence-electron chi connectivity index (χ1n) is 6.52. The topological polar surface area (TPSA) is 46.6 Å². The number of rotatable bonds is 2. The maximum atomic E-state index is 12.9. The molecule has 110 valence electrons. The Morgan fingerprint density at radius 2 is 1.95 bits per heavy atom. The van der Waals surface area contributed by atoms with Gasteiger partial charge in [0.2, 0.25) is 0 Å². The number of anilines is 1. The number of ether oxygens (including phenoxy) is 1. The molecule has 1 unspecified atom stereocenters. The molecule has 0 fully saturated rings. The normalized spacial score (nSPS) is 18.0. The number of hydrogen-bond acceptors (Lipinski definition) is 3. The summed E-state index contributed by atoms with van der Waals surface area (Å²) < 4.78 is 32.8. The van der Waals surface area contributed by atoms with E-state index in [0.29, 0.717) is 16.5 Å². The van der Waals surface area contributed by atoms with Gasteiger partial charge < -0.3 is 4.74 Å². The van der Waals surface area contributed by atoms with Gasteiger partial charge in [-0.3, -0.25) is 4.31 Å². The van der Waals surface area contributed by atoms with Gasteiger partial charge in [-0.25, -0.2) is 8.42 Å². The first-order valence-corrected chi connectivity index (χ1v) is 8.34. The summed E-state index contributed by atoms with van der Waals surface area (Å²) in [6.07, 6.45) is -0.214. The molecule has 0 saturated heterocycles. The summed E-state index contributed by atoms with van der Waals surface area (Å²) in [6.45, 7) is 2.11. The largest absolute Gasteiger partial charge is 0.487 e. The molecule has 4 nitrogen and oxygen atoms in total. The van der Waals surface area contributed by atoms with Crippen molar-refractivity contribution in [3.63, 3.8) is 0 Å². The second-order valence-electron chi connectivity index (χ2n) is 4.89. The fourth-order valence-electron chi connectivity index (χ4n) is 2.33. The van der Waals surface area contributed by atoms with E-state index in [1.165, 1.54) is 10.4 Å². The van der Waals surface area contributed by atoms with Gasteiger partial charge in [-0.15, -0.1) is 0 Å². The minimum atomic E-state index is -3.66. The minimum absolute atomic E-state index is 0.180. The van der Waals surface area contributed by atoms with Gasteiger partial charge in [0.15, 0.2) is 0 Å². The van der Waals surface area contributed by atoms with E-state index < -0.39 is 10.0 Å². The third kappa shape index (κ3) is 2.59. The molecule has 1 atom stereocenters. The Morgan fingerprint density at radius 3 is 2.71 bits per heavy atom. The number of para-hydroxylation sites is 2. The average Bonchev–Trinajstić information content (AvgIpc) is 2.46. The van der Waals surface area contributed by atoms with Crippen LogP contribution in [0.3, 0.4) is 0 Å².